The number of esters is 1. The van der Waals surface area contributed by atoms with Crippen LogP contribution in [-0.4, -0.2) is 36.7 Å². The molecule has 1 aliphatic carbocycles. The molecule has 1 aromatic rings. The first-order valence-corrected chi connectivity index (χ1v) is 14.1. The van der Waals surface area contributed by atoms with Crippen LogP contribution < -0.4 is 0 Å². The summed E-state index contributed by atoms with van der Waals surface area (Å²) in [6.45, 7) is 12.8. The van der Waals surface area contributed by atoms with Gasteiger partial charge in [-0.15, -0.1) is 0 Å². The molecule has 0 saturated heterocycles. The largest absolute Gasteiger partial charge is 0.508 e. The molecule has 5 nitrogen and oxygen atoms in total. The van der Waals surface area contributed by atoms with E-state index in [0.29, 0.717) is 23.8 Å². The molecule has 6 heteroatoms. The molecule has 0 radical (unpaired) electrons. The lowest BCUT2D eigenvalue weighted by Crippen LogP contribution is -2.44. The van der Waals surface area contributed by atoms with Gasteiger partial charge in [0.15, 0.2) is 8.32 Å². The van der Waals surface area contributed by atoms with Gasteiger partial charge in [0.25, 0.3) is 0 Å². The molecule has 1 fully saturated rings. The molecular weight excluding hydrogens is 408 g/mol. The van der Waals surface area contributed by atoms with Crippen LogP contribution in [0.2, 0.25) is 18.1 Å². The molecule has 0 aromatic heterocycles. The number of allylic oxidation sites excluding steroid dienone is 3. The number of aromatic hydroxyl groups is 2. The van der Waals surface area contributed by atoms with Crippen molar-refractivity contribution in [3.63, 3.8) is 0 Å². The number of carbonyl (C=O) groups is 1. The molecule has 1 unspecified atom stereocenters. The summed E-state index contributed by atoms with van der Waals surface area (Å²) in [5, 5.41) is 20.6. The number of ether oxygens (including phenoxy) is 1. The van der Waals surface area contributed by atoms with Crippen LogP contribution in [-0.2, 0) is 15.6 Å². The van der Waals surface area contributed by atoms with Gasteiger partial charge in [-0.3, -0.25) is 0 Å². The first-order valence-electron chi connectivity index (χ1n) is 11.2. The van der Waals surface area contributed by atoms with Gasteiger partial charge in [0.1, 0.15) is 17.1 Å². The summed E-state index contributed by atoms with van der Waals surface area (Å²) in [6.07, 6.45) is 10.0. The van der Waals surface area contributed by atoms with Crippen molar-refractivity contribution in [2.75, 3.05) is 0 Å². The standard InChI is InChI=1S/C25H36O5Si/c1-16-11-18-12-17(18)9-7-8-10-21(30-31(5,6)25(2,3)4)14-19-13-20(26)15-22(27)23(19)24(28)29-16/h7-10,13,15-18,21,26-27H,11-12,14H2,1-6H3/b9-7+,10-8+/t16-,17+,18+,21?/m1/s1. The Morgan fingerprint density at radius 1 is 1.10 bits per heavy atom. The number of rotatable bonds is 2. The highest BCUT2D eigenvalue weighted by molar-refractivity contribution is 6.74. The van der Waals surface area contributed by atoms with Gasteiger partial charge in [-0.25, -0.2) is 4.79 Å². The number of phenolic OH excluding ortho intramolecular Hbond substituents is 2. The SMILES string of the molecule is C[C@@H]1C[C@H]2C[C@@H]2/C=C/C=C/C(O[Si](C)(C)C(C)(C)C)Cc2cc(O)cc(O)c2C(=O)O1. The number of phenols is 2. The van der Waals surface area contributed by atoms with Gasteiger partial charge in [-0.1, -0.05) is 45.1 Å². The van der Waals surface area contributed by atoms with Gasteiger partial charge in [-0.2, -0.15) is 0 Å². The van der Waals surface area contributed by atoms with E-state index in [2.05, 4.69) is 46.0 Å². The van der Waals surface area contributed by atoms with Crippen molar-refractivity contribution >= 4 is 14.3 Å². The third kappa shape index (κ3) is 5.80. The van der Waals surface area contributed by atoms with E-state index in [1.54, 1.807) is 0 Å². The summed E-state index contributed by atoms with van der Waals surface area (Å²) in [6, 6.07) is 2.71. The molecule has 170 valence electrons. The van der Waals surface area contributed by atoms with Crippen LogP contribution in [0, 0.1) is 11.8 Å². The smallest absolute Gasteiger partial charge is 0.342 e. The number of hydrogen-bond donors (Lipinski definition) is 2. The minimum absolute atomic E-state index is 0.0230. The summed E-state index contributed by atoms with van der Waals surface area (Å²) in [7, 11) is -2.10. The molecular formula is C25H36O5Si. The van der Waals surface area contributed by atoms with E-state index in [9.17, 15) is 15.0 Å². The van der Waals surface area contributed by atoms with E-state index in [4.69, 9.17) is 9.16 Å². The maximum atomic E-state index is 13.0. The average molecular weight is 445 g/mol. The number of cyclic esters (lactones) is 1. The van der Waals surface area contributed by atoms with E-state index < -0.39 is 14.3 Å². The first kappa shape index (κ1) is 23.6. The Morgan fingerprint density at radius 3 is 2.45 bits per heavy atom. The Bertz CT molecular complexity index is 881. The topological polar surface area (TPSA) is 76.0 Å². The Labute approximate surface area is 186 Å². The molecule has 2 N–H and O–H groups in total. The maximum Gasteiger partial charge on any atom is 0.342 e. The second-order valence-electron chi connectivity index (χ2n) is 10.5. The van der Waals surface area contributed by atoms with Crippen molar-refractivity contribution in [1.29, 1.82) is 0 Å². The lowest BCUT2D eigenvalue weighted by atomic mass is 9.99. The second kappa shape index (κ2) is 8.83. The zero-order valence-corrected chi connectivity index (χ0v) is 20.5. The van der Waals surface area contributed by atoms with Crippen LogP contribution in [0.5, 0.6) is 11.5 Å². The average Bonchev–Trinajstić information content (AvgIpc) is 3.33. The van der Waals surface area contributed by atoms with Gasteiger partial charge < -0.3 is 19.4 Å². The van der Waals surface area contributed by atoms with Crippen LogP contribution >= 0.6 is 0 Å². The van der Waals surface area contributed by atoms with E-state index >= 15 is 0 Å². The molecule has 0 spiro atoms. The third-order valence-electron chi connectivity index (χ3n) is 6.78. The number of carbonyl (C=O) groups excluding carboxylic acids is 1. The molecule has 31 heavy (non-hydrogen) atoms. The fourth-order valence-electron chi connectivity index (χ4n) is 3.88. The Kier molecular flexibility index (Phi) is 6.72. The van der Waals surface area contributed by atoms with Crippen LogP contribution in [0.3, 0.4) is 0 Å². The lowest BCUT2D eigenvalue weighted by molar-refractivity contribution is 0.0306. The quantitative estimate of drug-likeness (QED) is 0.450. The van der Waals surface area contributed by atoms with Gasteiger partial charge >= 0.3 is 5.97 Å². The van der Waals surface area contributed by atoms with Crippen molar-refractivity contribution in [3.05, 3.63) is 47.6 Å². The van der Waals surface area contributed by atoms with Crippen molar-refractivity contribution < 1.29 is 24.2 Å². The molecule has 1 heterocycles. The molecule has 2 aliphatic rings. The maximum absolute atomic E-state index is 13.0. The lowest BCUT2D eigenvalue weighted by Gasteiger charge is -2.38. The Hall–Kier alpha value is -2.05. The zero-order valence-electron chi connectivity index (χ0n) is 19.5. The molecule has 4 atom stereocenters. The normalized spacial score (nSPS) is 29.2. The molecule has 0 amide bonds. The van der Waals surface area contributed by atoms with Crippen molar-refractivity contribution in [2.24, 2.45) is 11.8 Å². The van der Waals surface area contributed by atoms with Crippen LogP contribution in [0.1, 0.15) is 56.5 Å². The Balaban J connectivity index is 2.00. The number of hydrogen-bond acceptors (Lipinski definition) is 5. The highest BCUT2D eigenvalue weighted by Gasteiger charge is 2.39. The number of fused-ring (bicyclic) bond motifs is 2. The van der Waals surface area contributed by atoms with Crippen molar-refractivity contribution in [3.8, 4) is 11.5 Å². The predicted octanol–water partition coefficient (Wildman–Crippen LogP) is 5.73. The first-order chi connectivity index (χ1) is 14.4. The van der Waals surface area contributed by atoms with E-state index in [1.165, 1.54) is 12.1 Å². The van der Waals surface area contributed by atoms with Gasteiger partial charge in [0, 0.05) is 12.5 Å². The fourth-order valence-corrected chi connectivity index (χ4v) is 5.15. The zero-order chi connectivity index (χ0) is 23.0. The molecule has 1 aromatic carbocycles. The highest BCUT2D eigenvalue weighted by Crippen LogP contribution is 2.44. The molecule has 1 saturated carbocycles. The summed E-state index contributed by atoms with van der Waals surface area (Å²) in [4.78, 5) is 13.0. The highest BCUT2D eigenvalue weighted by atomic mass is 28.4. The summed E-state index contributed by atoms with van der Waals surface area (Å²) < 4.78 is 12.3. The summed E-state index contributed by atoms with van der Waals surface area (Å²) in [5.74, 6) is 0.126. The second-order valence-corrected chi connectivity index (χ2v) is 15.3. The van der Waals surface area contributed by atoms with E-state index in [0.717, 1.165) is 12.8 Å². The van der Waals surface area contributed by atoms with Crippen LogP contribution in [0.15, 0.2) is 36.4 Å². The van der Waals surface area contributed by atoms with E-state index in [-0.39, 0.29) is 34.3 Å². The molecule has 1 aliphatic heterocycles. The van der Waals surface area contributed by atoms with Gasteiger partial charge in [0.05, 0.1) is 12.2 Å². The van der Waals surface area contributed by atoms with Gasteiger partial charge in [0.2, 0.25) is 0 Å². The summed E-state index contributed by atoms with van der Waals surface area (Å²) >= 11 is 0. The van der Waals surface area contributed by atoms with Gasteiger partial charge in [-0.05, 0) is 61.4 Å². The molecule has 3 rings (SSSR count). The number of benzene rings is 1. The van der Waals surface area contributed by atoms with Crippen molar-refractivity contribution in [2.45, 2.75) is 77.3 Å². The van der Waals surface area contributed by atoms with Crippen LogP contribution in [0.4, 0.5) is 0 Å². The minimum Gasteiger partial charge on any atom is -0.508 e. The Morgan fingerprint density at radius 2 is 1.77 bits per heavy atom. The van der Waals surface area contributed by atoms with E-state index in [1.807, 2.05) is 19.1 Å². The third-order valence-corrected chi connectivity index (χ3v) is 11.3. The fraction of sp³-hybridized carbons (Fsp3) is 0.560. The summed E-state index contributed by atoms with van der Waals surface area (Å²) in [5.41, 5.74) is 0.634. The predicted molar refractivity (Wildman–Crippen MR) is 125 cm³/mol. The van der Waals surface area contributed by atoms with Crippen LogP contribution in [0.25, 0.3) is 0 Å². The minimum atomic E-state index is -2.10. The monoisotopic (exact) mass is 444 g/mol. The molecule has 0 bridgehead atoms. The van der Waals surface area contributed by atoms with Crippen molar-refractivity contribution in [1.82, 2.24) is 0 Å².